The standard InChI is InChI=1S/C21H17ClN2O2/c1-26-15-12-10-14(11-13-15)24-20(16-6-2-4-8-18(16)22)23-19-9-5-3-7-17(19)21(24)25/h2-13,20,23H,1H3/t20-/m0/s1. The number of nitrogens with one attached hydrogen (secondary N) is 1. The predicted octanol–water partition coefficient (Wildman–Crippen LogP) is 5.12. The largest absolute Gasteiger partial charge is 0.497 e. The summed E-state index contributed by atoms with van der Waals surface area (Å²) in [5, 5.41) is 4.06. The molecule has 0 unspecified atom stereocenters. The lowest BCUT2D eigenvalue weighted by Gasteiger charge is -2.38. The van der Waals surface area contributed by atoms with E-state index in [-0.39, 0.29) is 5.91 Å². The molecule has 1 N–H and O–H groups in total. The van der Waals surface area contributed by atoms with E-state index in [2.05, 4.69) is 5.32 Å². The number of carbonyl (C=O) groups excluding carboxylic acids is 1. The Labute approximate surface area is 157 Å². The Morgan fingerprint density at radius 1 is 0.962 bits per heavy atom. The first-order valence-corrected chi connectivity index (χ1v) is 8.64. The van der Waals surface area contributed by atoms with Crippen LogP contribution in [0.3, 0.4) is 0 Å². The van der Waals surface area contributed by atoms with E-state index in [1.54, 1.807) is 12.0 Å². The Morgan fingerprint density at radius 2 is 1.65 bits per heavy atom. The van der Waals surface area contributed by atoms with E-state index in [4.69, 9.17) is 16.3 Å². The fourth-order valence-electron chi connectivity index (χ4n) is 3.18. The monoisotopic (exact) mass is 364 g/mol. The highest BCUT2D eigenvalue weighted by atomic mass is 35.5. The van der Waals surface area contributed by atoms with Crippen molar-refractivity contribution in [1.82, 2.24) is 0 Å². The zero-order chi connectivity index (χ0) is 18.1. The number of halogens is 1. The van der Waals surface area contributed by atoms with Crippen molar-refractivity contribution in [2.75, 3.05) is 17.3 Å². The summed E-state index contributed by atoms with van der Waals surface area (Å²) in [4.78, 5) is 15.0. The minimum Gasteiger partial charge on any atom is -0.497 e. The third kappa shape index (κ3) is 2.78. The van der Waals surface area contributed by atoms with Gasteiger partial charge in [-0.05, 0) is 42.5 Å². The summed E-state index contributed by atoms with van der Waals surface area (Å²) in [5.41, 5.74) is 3.04. The second-order valence-corrected chi connectivity index (χ2v) is 6.39. The molecule has 26 heavy (non-hydrogen) atoms. The molecule has 0 saturated carbocycles. The third-order valence-corrected chi connectivity index (χ3v) is 4.82. The van der Waals surface area contributed by atoms with Gasteiger partial charge < -0.3 is 10.1 Å². The molecule has 0 aromatic heterocycles. The Bertz CT molecular complexity index is 956. The van der Waals surface area contributed by atoms with Gasteiger partial charge in [-0.2, -0.15) is 0 Å². The Kier molecular flexibility index (Phi) is 4.27. The number of rotatable bonds is 3. The molecule has 1 atom stereocenters. The van der Waals surface area contributed by atoms with Gasteiger partial charge in [0.2, 0.25) is 0 Å². The number of benzene rings is 3. The van der Waals surface area contributed by atoms with E-state index in [0.29, 0.717) is 10.6 Å². The lowest BCUT2D eigenvalue weighted by Crippen LogP contribution is -2.43. The number of para-hydroxylation sites is 1. The van der Waals surface area contributed by atoms with Gasteiger partial charge in [0.25, 0.3) is 5.91 Å². The number of hydrogen-bond donors (Lipinski definition) is 1. The van der Waals surface area contributed by atoms with Crippen molar-refractivity contribution in [3.63, 3.8) is 0 Å². The van der Waals surface area contributed by atoms with E-state index in [9.17, 15) is 4.79 Å². The second-order valence-electron chi connectivity index (χ2n) is 5.99. The molecule has 1 aliphatic rings. The van der Waals surface area contributed by atoms with Gasteiger partial charge >= 0.3 is 0 Å². The van der Waals surface area contributed by atoms with E-state index in [0.717, 1.165) is 22.7 Å². The number of amides is 1. The Hall–Kier alpha value is -2.98. The highest BCUT2D eigenvalue weighted by Gasteiger charge is 2.34. The van der Waals surface area contributed by atoms with Crippen LogP contribution < -0.4 is 15.0 Å². The number of methoxy groups -OCH3 is 1. The molecule has 1 amide bonds. The van der Waals surface area contributed by atoms with E-state index in [1.165, 1.54) is 0 Å². The number of ether oxygens (including phenoxy) is 1. The quantitative estimate of drug-likeness (QED) is 0.701. The van der Waals surface area contributed by atoms with Gasteiger partial charge in [0.05, 0.1) is 12.7 Å². The molecule has 4 rings (SSSR count). The molecular weight excluding hydrogens is 348 g/mol. The van der Waals surface area contributed by atoms with Crippen LogP contribution in [-0.2, 0) is 0 Å². The van der Waals surface area contributed by atoms with Crippen LogP contribution in [0.25, 0.3) is 0 Å². The molecule has 1 aliphatic heterocycles. The van der Waals surface area contributed by atoms with Crippen LogP contribution in [0.1, 0.15) is 22.1 Å². The highest BCUT2D eigenvalue weighted by Crippen LogP contribution is 2.38. The lowest BCUT2D eigenvalue weighted by molar-refractivity contribution is 0.0975. The molecule has 0 radical (unpaired) electrons. The number of fused-ring (bicyclic) bond motifs is 1. The van der Waals surface area contributed by atoms with E-state index >= 15 is 0 Å². The third-order valence-electron chi connectivity index (χ3n) is 4.48. The molecule has 0 aliphatic carbocycles. The second kappa shape index (κ2) is 6.73. The van der Waals surface area contributed by atoms with Crippen LogP contribution in [0, 0.1) is 0 Å². The Balaban J connectivity index is 1.86. The maximum absolute atomic E-state index is 13.3. The lowest BCUT2D eigenvalue weighted by atomic mass is 10.0. The fourth-order valence-corrected chi connectivity index (χ4v) is 3.42. The average molecular weight is 365 g/mol. The first kappa shape index (κ1) is 16.5. The van der Waals surface area contributed by atoms with Crippen molar-refractivity contribution in [2.45, 2.75) is 6.17 Å². The molecule has 4 nitrogen and oxygen atoms in total. The predicted molar refractivity (Wildman–Crippen MR) is 104 cm³/mol. The topological polar surface area (TPSA) is 41.6 Å². The Morgan fingerprint density at radius 3 is 2.38 bits per heavy atom. The SMILES string of the molecule is COc1ccc(N2C(=O)c3ccccc3N[C@@H]2c2ccccc2Cl)cc1. The van der Waals surface area contributed by atoms with E-state index in [1.807, 2.05) is 72.8 Å². The minimum absolute atomic E-state index is 0.0746. The normalized spacial score (nSPS) is 16.0. The van der Waals surface area contributed by atoms with Crippen LogP contribution in [0.4, 0.5) is 11.4 Å². The minimum atomic E-state index is -0.403. The number of anilines is 2. The zero-order valence-electron chi connectivity index (χ0n) is 14.1. The average Bonchev–Trinajstić information content (AvgIpc) is 2.68. The van der Waals surface area contributed by atoms with Gasteiger partial charge in [0.1, 0.15) is 11.9 Å². The van der Waals surface area contributed by atoms with Crippen LogP contribution in [0.15, 0.2) is 72.8 Å². The number of hydrogen-bond acceptors (Lipinski definition) is 3. The summed E-state index contributed by atoms with van der Waals surface area (Å²) >= 11 is 6.43. The van der Waals surface area contributed by atoms with Crippen molar-refractivity contribution in [3.05, 3.63) is 88.9 Å². The first-order valence-electron chi connectivity index (χ1n) is 8.26. The summed E-state index contributed by atoms with van der Waals surface area (Å²) in [7, 11) is 1.62. The molecule has 3 aromatic rings. The molecule has 0 bridgehead atoms. The molecular formula is C21H17ClN2O2. The number of nitrogens with zero attached hydrogens (tertiary/aromatic N) is 1. The summed E-state index contributed by atoms with van der Waals surface area (Å²) in [6, 6.07) is 22.5. The molecule has 5 heteroatoms. The van der Waals surface area contributed by atoms with Gasteiger partial charge in [-0.25, -0.2) is 0 Å². The van der Waals surface area contributed by atoms with E-state index < -0.39 is 6.17 Å². The molecule has 0 spiro atoms. The molecule has 0 fully saturated rings. The van der Waals surface area contributed by atoms with Crippen LogP contribution in [0.5, 0.6) is 5.75 Å². The van der Waals surface area contributed by atoms with Crippen molar-refractivity contribution in [2.24, 2.45) is 0 Å². The molecule has 130 valence electrons. The van der Waals surface area contributed by atoms with Gasteiger partial charge in [-0.3, -0.25) is 9.69 Å². The maximum Gasteiger partial charge on any atom is 0.262 e. The summed E-state index contributed by atoms with van der Waals surface area (Å²) in [6.45, 7) is 0. The van der Waals surface area contributed by atoms with Gasteiger partial charge in [0.15, 0.2) is 0 Å². The van der Waals surface area contributed by atoms with Crippen molar-refractivity contribution >= 4 is 28.9 Å². The fraction of sp³-hybridized carbons (Fsp3) is 0.0952. The van der Waals surface area contributed by atoms with Crippen LogP contribution in [-0.4, -0.2) is 13.0 Å². The van der Waals surface area contributed by atoms with Gasteiger partial charge in [-0.15, -0.1) is 0 Å². The summed E-state index contributed by atoms with van der Waals surface area (Å²) in [6.07, 6.45) is -0.403. The van der Waals surface area contributed by atoms with Crippen LogP contribution in [0.2, 0.25) is 5.02 Å². The van der Waals surface area contributed by atoms with Crippen molar-refractivity contribution in [3.8, 4) is 5.75 Å². The highest BCUT2D eigenvalue weighted by molar-refractivity contribution is 6.31. The van der Waals surface area contributed by atoms with Crippen molar-refractivity contribution in [1.29, 1.82) is 0 Å². The maximum atomic E-state index is 13.3. The summed E-state index contributed by atoms with van der Waals surface area (Å²) in [5.74, 6) is 0.662. The summed E-state index contributed by atoms with van der Waals surface area (Å²) < 4.78 is 5.23. The molecule has 1 heterocycles. The van der Waals surface area contributed by atoms with Gasteiger partial charge in [0, 0.05) is 22.0 Å². The molecule has 0 saturated heterocycles. The first-order chi connectivity index (χ1) is 12.7. The van der Waals surface area contributed by atoms with Gasteiger partial charge in [-0.1, -0.05) is 41.9 Å². The zero-order valence-corrected chi connectivity index (χ0v) is 14.9. The molecule has 3 aromatic carbocycles. The van der Waals surface area contributed by atoms with Crippen LogP contribution >= 0.6 is 11.6 Å². The number of carbonyl (C=O) groups is 1. The van der Waals surface area contributed by atoms with Crippen molar-refractivity contribution < 1.29 is 9.53 Å². The smallest absolute Gasteiger partial charge is 0.262 e.